The lowest BCUT2D eigenvalue weighted by atomic mass is 10.2. The minimum Gasteiger partial charge on any atom is -0.383 e. The molecule has 0 saturated heterocycles. The van der Waals surface area contributed by atoms with Crippen molar-refractivity contribution in [1.29, 1.82) is 5.26 Å². The summed E-state index contributed by atoms with van der Waals surface area (Å²) in [7, 11) is 0. The number of hydrogen-bond acceptors (Lipinski definition) is 5. The summed E-state index contributed by atoms with van der Waals surface area (Å²) in [5, 5.41) is 12.2. The molecule has 0 radical (unpaired) electrons. The van der Waals surface area contributed by atoms with Crippen molar-refractivity contribution in [3.05, 3.63) is 35.2 Å². The molecule has 2 aromatic rings. The molecule has 0 aliphatic rings. The summed E-state index contributed by atoms with van der Waals surface area (Å²) in [4.78, 5) is 14.3. The molecule has 102 valence electrons. The van der Waals surface area contributed by atoms with Crippen molar-refractivity contribution in [3.63, 3.8) is 0 Å². The Morgan fingerprint density at radius 3 is 2.60 bits per heavy atom. The number of aromatic nitrogens is 3. The Morgan fingerprint density at radius 1 is 1.40 bits per heavy atom. The zero-order chi connectivity index (χ0) is 14.9. The fourth-order valence-corrected chi connectivity index (χ4v) is 1.58. The first-order valence-electron chi connectivity index (χ1n) is 5.16. The van der Waals surface area contributed by atoms with Gasteiger partial charge in [-0.2, -0.15) is 23.5 Å². The van der Waals surface area contributed by atoms with Gasteiger partial charge in [-0.3, -0.25) is 4.79 Å². The van der Waals surface area contributed by atoms with Crippen molar-refractivity contribution in [2.45, 2.75) is 6.18 Å². The van der Waals surface area contributed by atoms with Gasteiger partial charge in [0, 0.05) is 0 Å². The Bertz CT molecular complexity index is 714. The molecule has 2 aromatic heterocycles. The van der Waals surface area contributed by atoms with E-state index in [0.29, 0.717) is 4.68 Å². The van der Waals surface area contributed by atoms with Crippen LogP contribution in [0.2, 0.25) is 0 Å². The number of nitrogens with two attached hydrogens (primary N) is 1. The van der Waals surface area contributed by atoms with E-state index in [1.807, 2.05) is 0 Å². The van der Waals surface area contributed by atoms with Crippen LogP contribution in [0.4, 0.5) is 19.0 Å². The second kappa shape index (κ2) is 4.65. The molecule has 0 saturated carbocycles. The second-order valence-electron chi connectivity index (χ2n) is 3.69. The highest BCUT2D eigenvalue weighted by Gasteiger charge is 2.38. The number of pyridine rings is 1. The molecule has 20 heavy (non-hydrogen) atoms. The molecule has 2 rings (SSSR count). The molecule has 2 heterocycles. The third-order valence-electron chi connectivity index (χ3n) is 2.44. The van der Waals surface area contributed by atoms with Crippen LogP contribution in [0.15, 0.2) is 18.3 Å². The molecule has 6 nitrogen and oxygen atoms in total. The van der Waals surface area contributed by atoms with Crippen LogP contribution in [0.25, 0.3) is 5.82 Å². The minimum atomic E-state index is -4.78. The van der Waals surface area contributed by atoms with E-state index in [4.69, 9.17) is 11.0 Å². The maximum absolute atomic E-state index is 12.9. The molecule has 9 heteroatoms. The fraction of sp³-hybridized carbons (Fsp3) is 0.0909. The lowest BCUT2D eigenvalue weighted by Crippen LogP contribution is -2.16. The highest BCUT2D eigenvalue weighted by molar-refractivity contribution is 5.76. The maximum Gasteiger partial charge on any atom is 0.434 e. The summed E-state index contributed by atoms with van der Waals surface area (Å²) in [6, 6.07) is 4.12. The third-order valence-corrected chi connectivity index (χ3v) is 2.44. The first kappa shape index (κ1) is 13.5. The number of alkyl halides is 3. The Kier molecular flexibility index (Phi) is 3.15. The fourth-order valence-electron chi connectivity index (χ4n) is 1.58. The zero-order valence-corrected chi connectivity index (χ0v) is 9.72. The number of anilines is 1. The zero-order valence-electron chi connectivity index (χ0n) is 9.72. The molecule has 2 N–H and O–H groups in total. The Labute approximate surface area is 110 Å². The van der Waals surface area contributed by atoms with Gasteiger partial charge in [-0.15, -0.1) is 0 Å². The van der Waals surface area contributed by atoms with Crippen molar-refractivity contribution in [2.75, 3.05) is 5.73 Å². The lowest BCUT2D eigenvalue weighted by molar-refractivity contribution is -0.143. The van der Waals surface area contributed by atoms with Gasteiger partial charge in [-0.25, -0.2) is 9.67 Å². The largest absolute Gasteiger partial charge is 0.434 e. The monoisotopic (exact) mass is 281 g/mol. The van der Waals surface area contributed by atoms with Gasteiger partial charge >= 0.3 is 6.18 Å². The average molecular weight is 281 g/mol. The van der Waals surface area contributed by atoms with Crippen LogP contribution in [0.5, 0.6) is 0 Å². The highest BCUT2D eigenvalue weighted by Crippen LogP contribution is 2.32. The highest BCUT2D eigenvalue weighted by atomic mass is 19.4. The average Bonchev–Trinajstić information content (AvgIpc) is 2.82. The van der Waals surface area contributed by atoms with Crippen LogP contribution in [0.3, 0.4) is 0 Å². The topological polar surface area (TPSA) is 97.6 Å². The second-order valence-corrected chi connectivity index (χ2v) is 3.69. The summed E-state index contributed by atoms with van der Waals surface area (Å²) in [6.45, 7) is 0. The lowest BCUT2D eigenvalue weighted by Gasteiger charge is -2.11. The predicted octanol–water partition coefficient (Wildman–Crippen LogP) is 1.55. The van der Waals surface area contributed by atoms with Gasteiger partial charge in [0.2, 0.25) is 0 Å². The summed E-state index contributed by atoms with van der Waals surface area (Å²) in [6.07, 6.45) is -3.94. The number of nitrogen functional groups attached to an aromatic ring is 1. The van der Waals surface area contributed by atoms with Crippen molar-refractivity contribution < 1.29 is 18.0 Å². The SMILES string of the molecule is N#Cc1ccc(-n2ncc(C=O)c2C(F)(F)F)nc1N. The van der Waals surface area contributed by atoms with Crippen molar-refractivity contribution in [3.8, 4) is 11.9 Å². The normalized spacial score (nSPS) is 11.1. The molecule has 0 unspecified atom stereocenters. The van der Waals surface area contributed by atoms with E-state index in [2.05, 4.69) is 10.1 Å². The number of carbonyl (C=O) groups excluding carboxylic acids is 1. The number of halogens is 3. The van der Waals surface area contributed by atoms with Crippen LogP contribution in [0.1, 0.15) is 21.6 Å². The van der Waals surface area contributed by atoms with Gasteiger partial charge in [0.25, 0.3) is 0 Å². The van der Waals surface area contributed by atoms with Crippen molar-refractivity contribution in [2.24, 2.45) is 0 Å². The van der Waals surface area contributed by atoms with E-state index in [1.165, 1.54) is 6.07 Å². The summed E-state index contributed by atoms with van der Waals surface area (Å²) in [5.41, 5.74) is 3.62. The van der Waals surface area contributed by atoms with Crippen LogP contribution in [-0.4, -0.2) is 21.1 Å². The molecule has 0 amide bonds. The number of hydrogen-bond donors (Lipinski definition) is 1. The number of aldehydes is 1. The van der Waals surface area contributed by atoms with Gasteiger partial charge in [0.15, 0.2) is 17.8 Å². The molecule has 0 aliphatic carbocycles. The third kappa shape index (κ3) is 2.18. The summed E-state index contributed by atoms with van der Waals surface area (Å²) >= 11 is 0. The number of rotatable bonds is 2. The Hall–Kier alpha value is -2.89. The van der Waals surface area contributed by atoms with E-state index in [0.717, 1.165) is 12.3 Å². The van der Waals surface area contributed by atoms with Crippen LogP contribution in [-0.2, 0) is 6.18 Å². The minimum absolute atomic E-state index is 0.0325. The van der Waals surface area contributed by atoms with Crippen molar-refractivity contribution >= 4 is 12.1 Å². The first-order valence-corrected chi connectivity index (χ1v) is 5.16. The van der Waals surface area contributed by atoms with E-state index in [-0.39, 0.29) is 23.5 Å². The molecule has 0 fully saturated rings. The van der Waals surface area contributed by atoms with Crippen LogP contribution in [0, 0.1) is 11.3 Å². The molecular formula is C11H6F3N5O. The van der Waals surface area contributed by atoms with Gasteiger partial charge in [-0.05, 0) is 12.1 Å². The molecule has 0 aromatic carbocycles. The molecule has 0 aliphatic heterocycles. The van der Waals surface area contributed by atoms with E-state index in [9.17, 15) is 18.0 Å². The number of carbonyl (C=O) groups is 1. The van der Waals surface area contributed by atoms with Gasteiger partial charge in [-0.1, -0.05) is 0 Å². The maximum atomic E-state index is 12.9. The van der Waals surface area contributed by atoms with Gasteiger partial charge in [0.05, 0.1) is 17.3 Å². The summed E-state index contributed by atoms with van der Waals surface area (Å²) in [5.74, 6) is -0.455. The number of nitriles is 1. The molecular weight excluding hydrogens is 275 g/mol. The molecule has 0 spiro atoms. The van der Waals surface area contributed by atoms with E-state index < -0.39 is 17.4 Å². The summed E-state index contributed by atoms with van der Waals surface area (Å²) < 4.78 is 39.2. The molecule has 0 atom stereocenters. The van der Waals surface area contributed by atoms with E-state index in [1.54, 1.807) is 6.07 Å². The smallest absolute Gasteiger partial charge is 0.383 e. The van der Waals surface area contributed by atoms with Crippen LogP contribution >= 0.6 is 0 Å². The van der Waals surface area contributed by atoms with E-state index >= 15 is 0 Å². The Morgan fingerprint density at radius 2 is 2.10 bits per heavy atom. The van der Waals surface area contributed by atoms with Crippen molar-refractivity contribution in [1.82, 2.24) is 14.8 Å². The Balaban J connectivity index is 2.65. The van der Waals surface area contributed by atoms with Gasteiger partial charge < -0.3 is 5.73 Å². The van der Waals surface area contributed by atoms with Crippen LogP contribution < -0.4 is 5.73 Å². The predicted molar refractivity (Wildman–Crippen MR) is 60.9 cm³/mol. The van der Waals surface area contributed by atoms with Gasteiger partial charge in [0.1, 0.15) is 11.9 Å². The number of nitrogens with zero attached hydrogens (tertiary/aromatic N) is 4. The standard InChI is InChI=1S/C11H6F3N5O/c12-11(13,14)9-7(5-20)4-17-19(9)8-2-1-6(3-15)10(16)18-8/h1-2,4-5H,(H2,16,18). The first-order chi connectivity index (χ1) is 9.38. The quantitative estimate of drug-likeness (QED) is 0.842. The molecule has 0 bridgehead atoms.